The number of carbonyl (C=O) groups is 1. The molecular weight excluding hydrogens is 452 g/mol. The zero-order valence-electron chi connectivity index (χ0n) is 19.4. The molecule has 0 saturated carbocycles. The molecule has 0 heterocycles. The minimum Gasteiger partial charge on any atom is -0.508 e. The smallest absolute Gasteiger partial charge is 0.224 e. The molecule has 6 nitrogen and oxygen atoms in total. The maximum Gasteiger partial charge on any atom is 0.224 e. The van der Waals surface area contributed by atoms with Gasteiger partial charge in [-0.25, -0.2) is 0 Å². The van der Waals surface area contributed by atoms with E-state index in [1.807, 2.05) is 50.2 Å². The van der Waals surface area contributed by atoms with Crippen molar-refractivity contribution in [1.29, 1.82) is 0 Å². The number of phenolic OH excluding ortho intramolecular Hbond substituents is 2. The lowest BCUT2D eigenvalue weighted by Gasteiger charge is -2.28. The topological polar surface area (TPSA) is 102 Å². The monoisotopic (exact) mass is 482 g/mol. The molecule has 1 amide bonds. The van der Waals surface area contributed by atoms with Crippen LogP contribution in [0.2, 0.25) is 5.02 Å². The molecule has 180 valence electrons. The molecule has 0 aromatic heterocycles. The van der Waals surface area contributed by atoms with Gasteiger partial charge in [0.25, 0.3) is 0 Å². The molecule has 1 unspecified atom stereocenters. The number of amides is 1. The lowest BCUT2D eigenvalue weighted by molar-refractivity contribution is -0.120. The normalized spacial score (nSPS) is 12.4. The number of nitrogens with one attached hydrogen (secondary N) is 2. The number of β-amino-alcohol motifs (C(OH)–C–C–N with tert-alkyl or cyclic N) is 1. The van der Waals surface area contributed by atoms with Crippen molar-refractivity contribution in [3.8, 4) is 11.5 Å². The minimum atomic E-state index is -0.882. The number of hydrogen-bond acceptors (Lipinski definition) is 5. The zero-order valence-corrected chi connectivity index (χ0v) is 20.1. The second-order valence-electron chi connectivity index (χ2n) is 9.14. The number of aliphatic hydroxyl groups is 1. The zero-order chi connectivity index (χ0) is 24.7. The van der Waals surface area contributed by atoms with Crippen LogP contribution in [-0.4, -0.2) is 33.3 Å². The number of rotatable bonds is 10. The average molecular weight is 483 g/mol. The first-order valence-electron chi connectivity index (χ1n) is 11.1. The van der Waals surface area contributed by atoms with Gasteiger partial charge in [0, 0.05) is 29.7 Å². The van der Waals surface area contributed by atoms with E-state index in [0.717, 1.165) is 16.7 Å². The van der Waals surface area contributed by atoms with E-state index in [-0.39, 0.29) is 35.9 Å². The van der Waals surface area contributed by atoms with Crippen LogP contribution < -0.4 is 10.6 Å². The average Bonchev–Trinajstić information content (AvgIpc) is 2.76. The van der Waals surface area contributed by atoms with Gasteiger partial charge in [0.05, 0.1) is 12.5 Å². The van der Waals surface area contributed by atoms with Gasteiger partial charge in [-0.1, -0.05) is 48.0 Å². The summed E-state index contributed by atoms with van der Waals surface area (Å²) in [6.07, 6.45) is 0.0909. The maximum absolute atomic E-state index is 12.4. The molecule has 0 aliphatic heterocycles. The summed E-state index contributed by atoms with van der Waals surface area (Å²) in [4.78, 5) is 12.4. The number of phenols is 2. The Morgan fingerprint density at radius 3 is 2.26 bits per heavy atom. The van der Waals surface area contributed by atoms with Crippen LogP contribution in [0, 0.1) is 0 Å². The van der Waals surface area contributed by atoms with Crippen LogP contribution in [0.15, 0.2) is 66.7 Å². The van der Waals surface area contributed by atoms with E-state index in [2.05, 4.69) is 10.6 Å². The van der Waals surface area contributed by atoms with E-state index in [4.69, 9.17) is 11.6 Å². The van der Waals surface area contributed by atoms with E-state index in [9.17, 15) is 20.1 Å². The van der Waals surface area contributed by atoms with E-state index >= 15 is 0 Å². The SMILES string of the molecule is CC(C)(Cc1cccc(CC(=O)NCc2ccc(Cl)cc2)c1)NCC(O)c1cc(O)cc(O)c1. The number of hydrogen-bond donors (Lipinski definition) is 5. The lowest BCUT2D eigenvalue weighted by Crippen LogP contribution is -2.43. The van der Waals surface area contributed by atoms with Crippen LogP contribution in [0.1, 0.15) is 42.2 Å². The summed E-state index contributed by atoms with van der Waals surface area (Å²) in [6.45, 7) is 4.77. The van der Waals surface area contributed by atoms with Crippen LogP contribution in [0.3, 0.4) is 0 Å². The largest absolute Gasteiger partial charge is 0.508 e. The summed E-state index contributed by atoms with van der Waals surface area (Å²) in [5.74, 6) is -0.244. The molecule has 34 heavy (non-hydrogen) atoms. The summed E-state index contributed by atoms with van der Waals surface area (Å²) < 4.78 is 0. The summed E-state index contributed by atoms with van der Waals surface area (Å²) in [7, 11) is 0. The Bertz CT molecular complexity index is 1100. The molecule has 0 radical (unpaired) electrons. The van der Waals surface area contributed by atoms with Crippen molar-refractivity contribution in [2.45, 2.75) is 44.9 Å². The molecule has 3 aromatic carbocycles. The summed E-state index contributed by atoms with van der Waals surface area (Å²) in [5, 5.41) is 36.7. The van der Waals surface area contributed by atoms with E-state index < -0.39 is 6.10 Å². The van der Waals surface area contributed by atoms with Crippen molar-refractivity contribution in [3.05, 3.63) is 94.0 Å². The number of aliphatic hydroxyl groups excluding tert-OH is 1. The molecule has 0 saturated heterocycles. The van der Waals surface area contributed by atoms with Gasteiger partial charge in [-0.05, 0) is 66.8 Å². The minimum absolute atomic E-state index is 0.0537. The Balaban J connectivity index is 1.52. The molecule has 5 N–H and O–H groups in total. The summed E-state index contributed by atoms with van der Waals surface area (Å²) in [6, 6.07) is 19.4. The molecule has 0 aliphatic rings. The van der Waals surface area contributed by atoms with Crippen LogP contribution in [0.25, 0.3) is 0 Å². The van der Waals surface area contributed by atoms with Crippen molar-refractivity contribution >= 4 is 17.5 Å². The van der Waals surface area contributed by atoms with Gasteiger partial charge in [-0.3, -0.25) is 4.79 Å². The third-order valence-electron chi connectivity index (χ3n) is 5.49. The first-order chi connectivity index (χ1) is 16.1. The molecule has 0 aliphatic carbocycles. The lowest BCUT2D eigenvalue weighted by atomic mass is 9.93. The molecule has 3 rings (SSSR count). The van der Waals surface area contributed by atoms with E-state index in [0.29, 0.717) is 23.6 Å². The third kappa shape index (κ3) is 8.06. The summed E-state index contributed by atoms with van der Waals surface area (Å²) in [5.41, 5.74) is 3.09. The van der Waals surface area contributed by atoms with Gasteiger partial charge in [0.1, 0.15) is 11.5 Å². The second kappa shape index (κ2) is 11.4. The molecule has 0 fully saturated rings. The summed E-state index contributed by atoms with van der Waals surface area (Å²) >= 11 is 5.89. The van der Waals surface area contributed by atoms with E-state index in [1.165, 1.54) is 18.2 Å². The van der Waals surface area contributed by atoms with Gasteiger partial charge >= 0.3 is 0 Å². The van der Waals surface area contributed by atoms with Crippen molar-refractivity contribution in [2.75, 3.05) is 6.54 Å². The Morgan fingerprint density at radius 2 is 1.59 bits per heavy atom. The van der Waals surface area contributed by atoms with Gasteiger partial charge in [-0.15, -0.1) is 0 Å². The van der Waals surface area contributed by atoms with Gasteiger partial charge in [0.2, 0.25) is 5.91 Å². The first-order valence-corrected chi connectivity index (χ1v) is 11.5. The highest BCUT2D eigenvalue weighted by Crippen LogP contribution is 2.25. The highest BCUT2D eigenvalue weighted by atomic mass is 35.5. The van der Waals surface area contributed by atoms with Gasteiger partial charge in [-0.2, -0.15) is 0 Å². The van der Waals surface area contributed by atoms with Crippen LogP contribution in [0.4, 0.5) is 0 Å². The van der Waals surface area contributed by atoms with Gasteiger partial charge < -0.3 is 26.0 Å². The fourth-order valence-corrected chi connectivity index (χ4v) is 3.90. The molecule has 3 aromatic rings. The van der Waals surface area contributed by atoms with Crippen molar-refractivity contribution < 1.29 is 20.1 Å². The number of carbonyl (C=O) groups excluding carboxylic acids is 1. The second-order valence-corrected chi connectivity index (χ2v) is 9.58. The van der Waals surface area contributed by atoms with Crippen molar-refractivity contribution in [1.82, 2.24) is 10.6 Å². The molecule has 1 atom stereocenters. The standard InChI is InChI=1S/C27H31ClN2O4/c1-27(2,30-17-25(33)21-12-23(31)14-24(32)13-21)15-20-5-3-4-19(10-20)11-26(34)29-16-18-6-8-22(28)9-7-18/h3-10,12-14,25,30-33H,11,15-17H2,1-2H3,(H,29,34). The first kappa shape index (κ1) is 25.6. The van der Waals surface area contributed by atoms with Crippen molar-refractivity contribution in [3.63, 3.8) is 0 Å². The Hall–Kier alpha value is -3.06. The van der Waals surface area contributed by atoms with Crippen LogP contribution in [-0.2, 0) is 24.2 Å². The molecule has 0 spiro atoms. The molecule has 0 bridgehead atoms. The predicted octanol–water partition coefficient (Wildman–Crippen LogP) is 4.25. The highest BCUT2D eigenvalue weighted by molar-refractivity contribution is 6.30. The highest BCUT2D eigenvalue weighted by Gasteiger charge is 2.20. The number of halogens is 1. The molecular formula is C27H31ClN2O4. The Morgan fingerprint density at radius 1 is 0.941 bits per heavy atom. The Kier molecular flexibility index (Phi) is 8.56. The molecule has 7 heteroatoms. The number of aromatic hydroxyl groups is 2. The third-order valence-corrected chi connectivity index (χ3v) is 5.74. The fraction of sp³-hybridized carbons (Fsp3) is 0.296. The van der Waals surface area contributed by atoms with Crippen LogP contribution >= 0.6 is 11.6 Å². The van der Waals surface area contributed by atoms with E-state index in [1.54, 1.807) is 12.1 Å². The van der Waals surface area contributed by atoms with Gasteiger partial charge in [0.15, 0.2) is 0 Å². The quantitative estimate of drug-likeness (QED) is 0.297. The Labute approximate surface area is 205 Å². The maximum atomic E-state index is 12.4. The van der Waals surface area contributed by atoms with Crippen molar-refractivity contribution in [2.24, 2.45) is 0 Å². The predicted molar refractivity (Wildman–Crippen MR) is 134 cm³/mol. The van der Waals surface area contributed by atoms with Crippen LogP contribution in [0.5, 0.6) is 11.5 Å². The number of benzene rings is 3. The fourth-order valence-electron chi connectivity index (χ4n) is 3.77.